The van der Waals surface area contributed by atoms with E-state index in [9.17, 15) is 4.79 Å². The fourth-order valence-electron chi connectivity index (χ4n) is 2.43. The van der Waals surface area contributed by atoms with Gasteiger partial charge >= 0.3 is 0 Å². The van der Waals surface area contributed by atoms with Gasteiger partial charge in [0.1, 0.15) is 12.4 Å². The number of hydrogen-bond acceptors (Lipinski definition) is 3. The second-order valence-electron chi connectivity index (χ2n) is 5.43. The maximum atomic E-state index is 12.2. The highest BCUT2D eigenvalue weighted by molar-refractivity contribution is 6.30. The Morgan fingerprint density at radius 2 is 2.09 bits per heavy atom. The monoisotopic (exact) mass is 331 g/mol. The van der Waals surface area contributed by atoms with Crippen molar-refractivity contribution < 1.29 is 14.3 Å². The van der Waals surface area contributed by atoms with Crippen molar-refractivity contribution in [3.63, 3.8) is 0 Å². The van der Waals surface area contributed by atoms with Crippen LogP contribution in [0.4, 0.5) is 5.69 Å². The molecule has 0 spiro atoms. The number of ether oxygens (including phenoxy) is 2. The lowest BCUT2D eigenvalue weighted by Crippen LogP contribution is -2.16. The average Bonchev–Trinajstić information content (AvgIpc) is 3.07. The molecule has 23 heavy (non-hydrogen) atoms. The predicted octanol–water partition coefficient (Wildman–Crippen LogP) is 4.15. The summed E-state index contributed by atoms with van der Waals surface area (Å²) in [4.78, 5) is 12.2. The first kappa shape index (κ1) is 15.8. The third kappa shape index (κ3) is 4.47. The Labute approximate surface area is 140 Å². The molecule has 0 bridgehead atoms. The minimum absolute atomic E-state index is 0.169. The van der Waals surface area contributed by atoms with E-state index < -0.39 is 0 Å². The van der Waals surface area contributed by atoms with Crippen LogP contribution in [-0.4, -0.2) is 25.2 Å². The smallest absolute Gasteiger partial charge is 0.255 e. The zero-order valence-corrected chi connectivity index (χ0v) is 13.4. The third-order valence-corrected chi connectivity index (χ3v) is 3.91. The number of amides is 1. The maximum absolute atomic E-state index is 12.2. The van der Waals surface area contributed by atoms with Gasteiger partial charge in [-0.25, -0.2) is 0 Å². The van der Waals surface area contributed by atoms with Gasteiger partial charge in [0.15, 0.2) is 0 Å². The van der Waals surface area contributed by atoms with Crippen molar-refractivity contribution in [1.82, 2.24) is 0 Å². The molecule has 120 valence electrons. The summed E-state index contributed by atoms with van der Waals surface area (Å²) in [5.74, 6) is 0.535. The summed E-state index contributed by atoms with van der Waals surface area (Å²) in [6.45, 7) is 1.35. The summed E-state index contributed by atoms with van der Waals surface area (Å²) in [7, 11) is 0. The zero-order valence-electron chi connectivity index (χ0n) is 12.6. The molecule has 1 saturated heterocycles. The van der Waals surface area contributed by atoms with Crippen molar-refractivity contribution in [3.05, 3.63) is 59.1 Å². The van der Waals surface area contributed by atoms with E-state index >= 15 is 0 Å². The van der Waals surface area contributed by atoms with Gasteiger partial charge in [0.25, 0.3) is 5.91 Å². The molecule has 0 radical (unpaired) electrons. The first-order chi connectivity index (χ1) is 11.2. The van der Waals surface area contributed by atoms with Gasteiger partial charge in [-0.3, -0.25) is 4.79 Å². The van der Waals surface area contributed by atoms with Crippen LogP contribution in [0, 0.1) is 0 Å². The van der Waals surface area contributed by atoms with E-state index in [-0.39, 0.29) is 12.0 Å². The first-order valence-corrected chi connectivity index (χ1v) is 8.00. The summed E-state index contributed by atoms with van der Waals surface area (Å²) < 4.78 is 11.3. The molecule has 5 heteroatoms. The lowest BCUT2D eigenvalue weighted by molar-refractivity contribution is 0.0680. The van der Waals surface area contributed by atoms with Crippen LogP contribution in [0.25, 0.3) is 0 Å². The van der Waals surface area contributed by atoms with E-state index in [2.05, 4.69) is 5.32 Å². The van der Waals surface area contributed by atoms with Crippen molar-refractivity contribution in [2.75, 3.05) is 18.5 Å². The third-order valence-electron chi connectivity index (χ3n) is 3.66. The van der Waals surface area contributed by atoms with E-state index in [1.165, 1.54) is 0 Å². The molecular formula is C18H18ClNO3. The highest BCUT2D eigenvalue weighted by Crippen LogP contribution is 2.20. The molecule has 1 atom stereocenters. The maximum Gasteiger partial charge on any atom is 0.255 e. The van der Waals surface area contributed by atoms with Gasteiger partial charge in [-0.1, -0.05) is 17.7 Å². The Morgan fingerprint density at radius 1 is 1.26 bits per heavy atom. The number of anilines is 1. The van der Waals surface area contributed by atoms with Crippen LogP contribution < -0.4 is 10.1 Å². The summed E-state index contributed by atoms with van der Waals surface area (Å²) in [5.41, 5.74) is 1.25. The second-order valence-corrected chi connectivity index (χ2v) is 5.87. The van der Waals surface area contributed by atoms with Gasteiger partial charge < -0.3 is 14.8 Å². The number of nitrogens with one attached hydrogen (secondary N) is 1. The summed E-state index contributed by atoms with van der Waals surface area (Å²) in [6, 6.07) is 14.1. The minimum Gasteiger partial charge on any atom is -0.491 e. The van der Waals surface area contributed by atoms with Gasteiger partial charge in [0.05, 0.1) is 6.10 Å². The highest BCUT2D eigenvalue weighted by Gasteiger charge is 2.16. The molecule has 1 heterocycles. The zero-order chi connectivity index (χ0) is 16.1. The quantitative estimate of drug-likeness (QED) is 0.895. The molecular weight excluding hydrogens is 314 g/mol. The molecule has 1 amide bonds. The van der Waals surface area contributed by atoms with Gasteiger partial charge in [-0.15, -0.1) is 0 Å². The molecule has 0 saturated carbocycles. The Bertz CT molecular complexity index is 666. The molecule has 0 aliphatic carbocycles. The number of carbonyl (C=O) groups is 1. The van der Waals surface area contributed by atoms with Crippen molar-refractivity contribution in [1.29, 1.82) is 0 Å². The van der Waals surface area contributed by atoms with Gasteiger partial charge in [-0.05, 0) is 49.2 Å². The highest BCUT2D eigenvalue weighted by atomic mass is 35.5. The molecule has 2 aromatic carbocycles. The summed E-state index contributed by atoms with van der Waals surface area (Å²) in [6.07, 6.45) is 2.29. The van der Waals surface area contributed by atoms with Crippen LogP contribution in [0.5, 0.6) is 5.75 Å². The van der Waals surface area contributed by atoms with E-state index in [0.29, 0.717) is 22.9 Å². The van der Waals surface area contributed by atoms with Crippen molar-refractivity contribution >= 4 is 23.2 Å². The van der Waals surface area contributed by atoms with E-state index in [1.54, 1.807) is 24.3 Å². The molecule has 0 aromatic heterocycles. The van der Waals surface area contributed by atoms with E-state index in [4.69, 9.17) is 21.1 Å². The molecule has 1 aliphatic heterocycles. The lowest BCUT2D eigenvalue weighted by atomic mass is 10.2. The van der Waals surface area contributed by atoms with Gasteiger partial charge in [-0.2, -0.15) is 0 Å². The molecule has 1 fully saturated rings. The molecule has 1 aliphatic rings. The molecule has 1 N–H and O–H groups in total. The number of rotatable bonds is 5. The van der Waals surface area contributed by atoms with Crippen molar-refractivity contribution in [2.24, 2.45) is 0 Å². The first-order valence-electron chi connectivity index (χ1n) is 7.62. The van der Waals surface area contributed by atoms with Crippen molar-refractivity contribution in [2.45, 2.75) is 18.9 Å². The molecule has 3 rings (SSSR count). The Hall–Kier alpha value is -2.04. The van der Waals surface area contributed by atoms with E-state index in [1.807, 2.05) is 24.3 Å². The summed E-state index contributed by atoms with van der Waals surface area (Å²) >= 11 is 5.83. The predicted molar refractivity (Wildman–Crippen MR) is 90.3 cm³/mol. The Kier molecular flexibility index (Phi) is 5.16. The molecule has 2 aromatic rings. The van der Waals surface area contributed by atoms with Crippen LogP contribution in [0.3, 0.4) is 0 Å². The average molecular weight is 332 g/mol. The second kappa shape index (κ2) is 7.49. The normalized spacial score (nSPS) is 17.0. The lowest BCUT2D eigenvalue weighted by Gasteiger charge is -2.12. The molecule has 1 unspecified atom stereocenters. The van der Waals surface area contributed by atoms with Crippen LogP contribution in [0.2, 0.25) is 5.02 Å². The van der Waals surface area contributed by atoms with E-state index in [0.717, 1.165) is 25.2 Å². The minimum atomic E-state index is -0.182. The number of hydrogen-bond donors (Lipinski definition) is 1. The number of carbonyl (C=O) groups excluding carboxylic acids is 1. The van der Waals surface area contributed by atoms with Gasteiger partial charge in [0, 0.05) is 28.9 Å². The number of benzene rings is 2. The van der Waals surface area contributed by atoms with Crippen LogP contribution in [0.1, 0.15) is 23.2 Å². The summed E-state index contributed by atoms with van der Waals surface area (Å²) in [5, 5.41) is 3.46. The van der Waals surface area contributed by atoms with Crippen LogP contribution >= 0.6 is 11.6 Å². The van der Waals surface area contributed by atoms with Crippen molar-refractivity contribution in [3.8, 4) is 5.75 Å². The van der Waals surface area contributed by atoms with Crippen LogP contribution in [0.15, 0.2) is 48.5 Å². The fraction of sp³-hybridized carbons (Fsp3) is 0.278. The standard InChI is InChI=1S/C18H18ClNO3/c19-14-8-6-13(7-9-14)18(21)20-15-3-1-4-16(11-15)23-12-17-5-2-10-22-17/h1,3-4,6-9,11,17H,2,5,10,12H2,(H,20,21). The Morgan fingerprint density at radius 3 is 2.83 bits per heavy atom. The van der Waals surface area contributed by atoms with Crippen LogP contribution in [-0.2, 0) is 4.74 Å². The number of halogens is 1. The molecule has 4 nitrogen and oxygen atoms in total. The topological polar surface area (TPSA) is 47.6 Å². The SMILES string of the molecule is O=C(Nc1cccc(OCC2CCCO2)c1)c1ccc(Cl)cc1. The Balaban J connectivity index is 1.60. The largest absolute Gasteiger partial charge is 0.491 e. The van der Waals surface area contributed by atoms with Gasteiger partial charge in [0.2, 0.25) is 0 Å². The fourth-order valence-corrected chi connectivity index (χ4v) is 2.56.